The maximum absolute atomic E-state index is 11.7. The molecule has 0 radical (unpaired) electrons. The molecule has 0 aliphatic rings. The van der Waals surface area contributed by atoms with Gasteiger partial charge in [-0.2, -0.15) is 0 Å². The first-order valence-electron chi connectivity index (χ1n) is 6.99. The highest BCUT2D eigenvalue weighted by Crippen LogP contribution is 2.11. The second kappa shape index (κ2) is 8.28. The van der Waals surface area contributed by atoms with Crippen molar-refractivity contribution in [2.45, 2.75) is 12.8 Å². The van der Waals surface area contributed by atoms with Crippen LogP contribution >= 0.6 is 11.6 Å². The molecule has 0 aliphatic carbocycles. The van der Waals surface area contributed by atoms with Crippen LogP contribution in [0, 0.1) is 0 Å². The van der Waals surface area contributed by atoms with Crippen LogP contribution in [0.4, 0.5) is 0 Å². The molecule has 2 aromatic rings. The van der Waals surface area contributed by atoms with E-state index in [9.17, 15) is 4.79 Å². The Labute approximate surface area is 130 Å². The normalized spacial score (nSPS) is 10.7. The zero-order valence-electron chi connectivity index (χ0n) is 11.8. The summed E-state index contributed by atoms with van der Waals surface area (Å²) in [5.41, 5.74) is 2.21. The number of aryl methyl sites for hydroxylation is 1. The number of carbonyl (C=O) groups excluding carboxylic acids is 1. The Bertz CT molecular complexity index is 608. The third kappa shape index (κ3) is 5.84. The molecule has 1 N–H and O–H groups in total. The first kappa shape index (κ1) is 15.3. The van der Waals surface area contributed by atoms with E-state index in [1.807, 2.05) is 42.5 Å². The van der Waals surface area contributed by atoms with Crippen LogP contribution in [0.15, 0.2) is 60.7 Å². The van der Waals surface area contributed by atoms with Gasteiger partial charge in [-0.05, 0) is 42.2 Å². The second-order valence-electron chi connectivity index (χ2n) is 4.77. The Morgan fingerprint density at radius 1 is 1.10 bits per heavy atom. The number of carbonyl (C=O) groups is 1. The largest absolute Gasteiger partial charge is 0.353 e. The van der Waals surface area contributed by atoms with E-state index in [2.05, 4.69) is 17.4 Å². The van der Waals surface area contributed by atoms with Crippen molar-refractivity contribution < 1.29 is 4.79 Å². The number of amides is 1. The fourth-order valence-corrected chi connectivity index (χ4v) is 2.19. The van der Waals surface area contributed by atoms with Crippen molar-refractivity contribution in [3.05, 3.63) is 76.8 Å². The standard InChI is InChI=1S/C18H18ClNO/c19-17-10-4-8-16(14-17)11-12-18(21)20-13-5-9-15-6-2-1-3-7-15/h1-4,6-8,10-12,14H,5,9,13H2,(H,20,21)/b12-11+. The van der Waals surface area contributed by atoms with Gasteiger partial charge in [-0.1, -0.05) is 54.1 Å². The van der Waals surface area contributed by atoms with E-state index in [4.69, 9.17) is 11.6 Å². The molecule has 0 heterocycles. The van der Waals surface area contributed by atoms with Crippen LogP contribution in [-0.2, 0) is 11.2 Å². The molecule has 0 aromatic heterocycles. The van der Waals surface area contributed by atoms with Gasteiger partial charge < -0.3 is 5.32 Å². The van der Waals surface area contributed by atoms with Gasteiger partial charge >= 0.3 is 0 Å². The number of hydrogen-bond donors (Lipinski definition) is 1. The van der Waals surface area contributed by atoms with Gasteiger partial charge in [0.05, 0.1) is 0 Å². The molecular weight excluding hydrogens is 282 g/mol. The van der Waals surface area contributed by atoms with Gasteiger partial charge in [-0.15, -0.1) is 0 Å². The number of benzene rings is 2. The molecule has 0 aliphatic heterocycles. The highest BCUT2D eigenvalue weighted by molar-refractivity contribution is 6.30. The molecule has 3 heteroatoms. The van der Waals surface area contributed by atoms with Crippen LogP contribution in [0.2, 0.25) is 5.02 Å². The van der Waals surface area contributed by atoms with E-state index in [1.54, 1.807) is 6.08 Å². The van der Waals surface area contributed by atoms with Crippen LogP contribution < -0.4 is 5.32 Å². The zero-order valence-corrected chi connectivity index (χ0v) is 12.5. The first-order chi connectivity index (χ1) is 10.2. The summed E-state index contributed by atoms with van der Waals surface area (Å²) >= 11 is 5.89. The summed E-state index contributed by atoms with van der Waals surface area (Å²) < 4.78 is 0. The number of rotatable bonds is 6. The lowest BCUT2D eigenvalue weighted by Gasteiger charge is -2.02. The van der Waals surface area contributed by atoms with Crippen molar-refractivity contribution in [1.82, 2.24) is 5.32 Å². The summed E-state index contributed by atoms with van der Waals surface area (Å²) in [5.74, 6) is -0.0805. The molecule has 2 rings (SSSR count). The molecule has 2 aromatic carbocycles. The van der Waals surface area contributed by atoms with Gasteiger partial charge in [0.15, 0.2) is 0 Å². The maximum Gasteiger partial charge on any atom is 0.243 e. The van der Waals surface area contributed by atoms with Crippen molar-refractivity contribution in [3.63, 3.8) is 0 Å². The molecule has 0 saturated carbocycles. The molecule has 21 heavy (non-hydrogen) atoms. The summed E-state index contributed by atoms with van der Waals surface area (Å²) in [4.78, 5) is 11.7. The SMILES string of the molecule is O=C(/C=C/c1cccc(Cl)c1)NCCCc1ccccc1. The molecule has 0 saturated heterocycles. The molecular formula is C18H18ClNO. The number of nitrogens with one attached hydrogen (secondary N) is 1. The Kier molecular flexibility index (Phi) is 6.04. The van der Waals surface area contributed by atoms with Crippen molar-refractivity contribution in [2.75, 3.05) is 6.54 Å². The first-order valence-corrected chi connectivity index (χ1v) is 7.37. The smallest absolute Gasteiger partial charge is 0.243 e. The van der Waals surface area contributed by atoms with E-state index >= 15 is 0 Å². The quantitative estimate of drug-likeness (QED) is 0.631. The van der Waals surface area contributed by atoms with Gasteiger partial charge in [0.1, 0.15) is 0 Å². The summed E-state index contributed by atoms with van der Waals surface area (Å²) in [6, 6.07) is 17.7. The monoisotopic (exact) mass is 299 g/mol. The lowest BCUT2D eigenvalue weighted by molar-refractivity contribution is -0.116. The number of halogens is 1. The van der Waals surface area contributed by atoms with Crippen molar-refractivity contribution >= 4 is 23.6 Å². The topological polar surface area (TPSA) is 29.1 Å². The molecule has 1 amide bonds. The average molecular weight is 300 g/mol. The summed E-state index contributed by atoms with van der Waals surface area (Å²) in [7, 11) is 0. The van der Waals surface area contributed by atoms with Crippen LogP contribution in [-0.4, -0.2) is 12.5 Å². The third-order valence-corrected chi connectivity index (χ3v) is 3.30. The fraction of sp³-hybridized carbons (Fsp3) is 0.167. The number of hydrogen-bond acceptors (Lipinski definition) is 1. The van der Waals surface area contributed by atoms with Crippen molar-refractivity contribution in [2.24, 2.45) is 0 Å². The highest BCUT2D eigenvalue weighted by Gasteiger charge is 1.96. The molecule has 0 atom stereocenters. The predicted molar refractivity (Wildman–Crippen MR) is 88.3 cm³/mol. The van der Waals surface area contributed by atoms with E-state index in [-0.39, 0.29) is 5.91 Å². The lowest BCUT2D eigenvalue weighted by atomic mass is 10.1. The van der Waals surface area contributed by atoms with Crippen molar-refractivity contribution in [1.29, 1.82) is 0 Å². The zero-order chi connectivity index (χ0) is 14.9. The average Bonchev–Trinajstić information content (AvgIpc) is 2.51. The van der Waals surface area contributed by atoms with E-state index in [0.29, 0.717) is 11.6 Å². The van der Waals surface area contributed by atoms with Crippen LogP contribution in [0.1, 0.15) is 17.5 Å². The Morgan fingerprint density at radius 3 is 2.67 bits per heavy atom. The van der Waals surface area contributed by atoms with Crippen LogP contribution in [0.3, 0.4) is 0 Å². The van der Waals surface area contributed by atoms with E-state index in [1.165, 1.54) is 11.6 Å². The fourth-order valence-electron chi connectivity index (χ4n) is 1.99. The van der Waals surface area contributed by atoms with Crippen LogP contribution in [0.25, 0.3) is 6.08 Å². The third-order valence-electron chi connectivity index (χ3n) is 3.06. The van der Waals surface area contributed by atoms with Gasteiger partial charge in [0, 0.05) is 17.6 Å². The molecule has 0 fully saturated rings. The highest BCUT2D eigenvalue weighted by atomic mass is 35.5. The maximum atomic E-state index is 11.7. The summed E-state index contributed by atoms with van der Waals surface area (Å²) in [6.07, 6.45) is 5.20. The Balaban J connectivity index is 1.70. The molecule has 0 bridgehead atoms. The minimum atomic E-state index is -0.0805. The van der Waals surface area contributed by atoms with Gasteiger partial charge in [-0.25, -0.2) is 0 Å². The predicted octanol–water partition coefficient (Wildman–Crippen LogP) is 4.10. The van der Waals surface area contributed by atoms with Gasteiger partial charge in [0.2, 0.25) is 5.91 Å². The minimum Gasteiger partial charge on any atom is -0.353 e. The Morgan fingerprint density at radius 2 is 1.90 bits per heavy atom. The molecule has 0 spiro atoms. The lowest BCUT2D eigenvalue weighted by Crippen LogP contribution is -2.22. The molecule has 2 nitrogen and oxygen atoms in total. The Hall–Kier alpha value is -2.06. The van der Waals surface area contributed by atoms with Gasteiger partial charge in [-0.3, -0.25) is 4.79 Å². The molecule has 0 unspecified atom stereocenters. The van der Waals surface area contributed by atoms with Crippen LogP contribution in [0.5, 0.6) is 0 Å². The minimum absolute atomic E-state index is 0.0805. The van der Waals surface area contributed by atoms with Gasteiger partial charge in [0.25, 0.3) is 0 Å². The van der Waals surface area contributed by atoms with Crippen molar-refractivity contribution in [3.8, 4) is 0 Å². The molecule has 108 valence electrons. The second-order valence-corrected chi connectivity index (χ2v) is 5.20. The van der Waals surface area contributed by atoms with E-state index in [0.717, 1.165) is 18.4 Å². The van der Waals surface area contributed by atoms with E-state index < -0.39 is 0 Å². The summed E-state index contributed by atoms with van der Waals surface area (Å²) in [5, 5.41) is 3.55. The summed E-state index contributed by atoms with van der Waals surface area (Å²) in [6.45, 7) is 0.674.